The number of nitrogens with one attached hydrogen (secondary N) is 1. The Morgan fingerprint density at radius 1 is 1.24 bits per heavy atom. The molecule has 0 aliphatic carbocycles. The molecule has 1 aliphatic heterocycles. The second kappa shape index (κ2) is 10.1. The van der Waals surface area contributed by atoms with Gasteiger partial charge in [-0.15, -0.1) is 0 Å². The van der Waals surface area contributed by atoms with Crippen molar-refractivity contribution in [2.45, 2.75) is 26.7 Å². The van der Waals surface area contributed by atoms with Gasteiger partial charge in [0.2, 0.25) is 0 Å². The molecular formula is C20H33N5. The SMILES string of the molecule is C=C(C)CN=C(N)NCCCCN1CCN(c2cccc(C)c2)CC1. The van der Waals surface area contributed by atoms with Gasteiger partial charge in [-0.3, -0.25) is 4.90 Å². The van der Waals surface area contributed by atoms with Crippen LogP contribution in [0.3, 0.4) is 0 Å². The number of nitrogens with zero attached hydrogens (tertiary/aromatic N) is 3. The Balaban J connectivity index is 1.58. The summed E-state index contributed by atoms with van der Waals surface area (Å²) < 4.78 is 0. The second-order valence-electron chi connectivity index (χ2n) is 6.96. The first-order valence-corrected chi connectivity index (χ1v) is 9.27. The third kappa shape index (κ3) is 7.18. The Morgan fingerprint density at radius 3 is 2.68 bits per heavy atom. The van der Waals surface area contributed by atoms with E-state index in [9.17, 15) is 0 Å². The zero-order chi connectivity index (χ0) is 18.1. The van der Waals surface area contributed by atoms with Gasteiger partial charge in [0.15, 0.2) is 5.96 Å². The monoisotopic (exact) mass is 343 g/mol. The van der Waals surface area contributed by atoms with E-state index in [1.165, 1.54) is 17.7 Å². The molecule has 1 aromatic rings. The Bertz CT molecular complexity index is 573. The summed E-state index contributed by atoms with van der Waals surface area (Å²) >= 11 is 0. The van der Waals surface area contributed by atoms with Crippen molar-refractivity contribution in [3.8, 4) is 0 Å². The number of guanidine groups is 1. The molecule has 0 radical (unpaired) electrons. The molecule has 1 heterocycles. The van der Waals surface area contributed by atoms with Crippen molar-refractivity contribution in [3.05, 3.63) is 42.0 Å². The van der Waals surface area contributed by atoms with E-state index in [2.05, 4.69) is 57.9 Å². The van der Waals surface area contributed by atoms with Crippen LogP contribution in [0.5, 0.6) is 0 Å². The molecule has 0 unspecified atom stereocenters. The lowest BCUT2D eigenvalue weighted by molar-refractivity contribution is 0.253. The van der Waals surface area contributed by atoms with Crippen molar-refractivity contribution >= 4 is 11.6 Å². The summed E-state index contributed by atoms with van der Waals surface area (Å²) in [4.78, 5) is 9.27. The molecule has 1 fully saturated rings. The van der Waals surface area contributed by atoms with Crippen LogP contribution in [0.15, 0.2) is 41.4 Å². The molecule has 5 heteroatoms. The summed E-state index contributed by atoms with van der Waals surface area (Å²) in [7, 11) is 0. The molecule has 1 saturated heterocycles. The predicted octanol–water partition coefficient (Wildman–Crippen LogP) is 2.38. The summed E-state index contributed by atoms with van der Waals surface area (Å²) in [5.41, 5.74) is 9.52. The average molecular weight is 344 g/mol. The molecule has 0 aromatic heterocycles. The number of anilines is 1. The first-order chi connectivity index (χ1) is 12.0. The summed E-state index contributed by atoms with van der Waals surface area (Å²) in [6.45, 7) is 15.1. The molecule has 138 valence electrons. The minimum absolute atomic E-state index is 0.523. The fraction of sp³-hybridized carbons (Fsp3) is 0.550. The Morgan fingerprint density at radius 2 is 2.00 bits per heavy atom. The fourth-order valence-corrected chi connectivity index (χ4v) is 3.01. The number of nitrogens with two attached hydrogens (primary N) is 1. The molecule has 0 bridgehead atoms. The molecule has 5 nitrogen and oxygen atoms in total. The van der Waals surface area contributed by atoms with Gasteiger partial charge in [-0.25, -0.2) is 4.99 Å². The number of piperazine rings is 1. The highest BCUT2D eigenvalue weighted by Gasteiger charge is 2.16. The van der Waals surface area contributed by atoms with Gasteiger partial charge >= 0.3 is 0 Å². The summed E-state index contributed by atoms with van der Waals surface area (Å²) in [6, 6.07) is 8.80. The van der Waals surface area contributed by atoms with E-state index in [0.717, 1.165) is 51.3 Å². The lowest BCUT2D eigenvalue weighted by Crippen LogP contribution is -2.46. The minimum atomic E-state index is 0.523. The lowest BCUT2D eigenvalue weighted by Gasteiger charge is -2.36. The van der Waals surface area contributed by atoms with Gasteiger partial charge in [0.25, 0.3) is 0 Å². The molecule has 3 N–H and O–H groups in total. The maximum atomic E-state index is 5.81. The topological polar surface area (TPSA) is 56.9 Å². The molecular weight excluding hydrogens is 310 g/mol. The minimum Gasteiger partial charge on any atom is -0.370 e. The number of aryl methyl sites for hydroxylation is 1. The average Bonchev–Trinajstić information content (AvgIpc) is 2.60. The van der Waals surface area contributed by atoms with Gasteiger partial charge < -0.3 is 16.0 Å². The van der Waals surface area contributed by atoms with Crippen LogP contribution in [0, 0.1) is 6.92 Å². The van der Waals surface area contributed by atoms with E-state index in [1.807, 2.05) is 6.92 Å². The van der Waals surface area contributed by atoms with Crippen molar-refractivity contribution in [2.24, 2.45) is 10.7 Å². The third-order valence-electron chi connectivity index (χ3n) is 4.47. The van der Waals surface area contributed by atoms with Crippen LogP contribution in [0.25, 0.3) is 0 Å². The summed E-state index contributed by atoms with van der Waals surface area (Å²) in [6.07, 6.45) is 2.30. The largest absolute Gasteiger partial charge is 0.370 e. The maximum Gasteiger partial charge on any atom is 0.188 e. The summed E-state index contributed by atoms with van der Waals surface area (Å²) in [5, 5.41) is 3.17. The molecule has 2 rings (SSSR count). The number of benzene rings is 1. The van der Waals surface area contributed by atoms with E-state index < -0.39 is 0 Å². The highest BCUT2D eigenvalue weighted by Crippen LogP contribution is 2.17. The highest BCUT2D eigenvalue weighted by atomic mass is 15.3. The number of aliphatic imine (C=N–C) groups is 1. The van der Waals surface area contributed by atoms with Crippen LogP contribution >= 0.6 is 0 Å². The van der Waals surface area contributed by atoms with Crippen LogP contribution in [0.1, 0.15) is 25.3 Å². The molecule has 0 atom stereocenters. The van der Waals surface area contributed by atoms with Gasteiger partial charge in [-0.05, 0) is 50.9 Å². The van der Waals surface area contributed by atoms with Gasteiger partial charge in [0, 0.05) is 38.4 Å². The quantitative estimate of drug-likeness (QED) is 0.329. The van der Waals surface area contributed by atoms with Gasteiger partial charge in [-0.2, -0.15) is 0 Å². The third-order valence-corrected chi connectivity index (χ3v) is 4.47. The smallest absolute Gasteiger partial charge is 0.188 e. The number of hydrogen-bond acceptors (Lipinski definition) is 3. The van der Waals surface area contributed by atoms with E-state index >= 15 is 0 Å². The zero-order valence-electron chi connectivity index (χ0n) is 15.8. The van der Waals surface area contributed by atoms with E-state index in [1.54, 1.807) is 0 Å². The molecule has 0 amide bonds. The first kappa shape index (κ1) is 19.3. The van der Waals surface area contributed by atoms with Crippen LogP contribution < -0.4 is 16.0 Å². The molecule has 1 aromatic carbocycles. The van der Waals surface area contributed by atoms with Crippen molar-refractivity contribution in [1.29, 1.82) is 0 Å². The van der Waals surface area contributed by atoms with Crippen LogP contribution in [0.2, 0.25) is 0 Å². The first-order valence-electron chi connectivity index (χ1n) is 9.27. The van der Waals surface area contributed by atoms with E-state index in [0.29, 0.717) is 12.5 Å². The Labute approximate surface area is 152 Å². The van der Waals surface area contributed by atoms with E-state index in [4.69, 9.17) is 5.73 Å². The van der Waals surface area contributed by atoms with Gasteiger partial charge in [0.05, 0.1) is 6.54 Å². The van der Waals surface area contributed by atoms with Crippen molar-refractivity contribution in [2.75, 3.05) is 50.7 Å². The Kier molecular flexibility index (Phi) is 7.79. The van der Waals surface area contributed by atoms with Crippen LogP contribution in [-0.4, -0.2) is 56.7 Å². The standard InChI is InChI=1S/C20H33N5/c1-17(2)16-23-20(21)22-9-4-5-10-24-11-13-25(14-12-24)19-8-6-7-18(3)15-19/h6-8,15H,1,4-5,9-14,16H2,2-3H3,(H3,21,22,23). The van der Waals surface area contributed by atoms with Crippen LogP contribution in [0.4, 0.5) is 5.69 Å². The Hall–Kier alpha value is -2.01. The highest BCUT2D eigenvalue weighted by molar-refractivity contribution is 5.77. The van der Waals surface area contributed by atoms with E-state index in [-0.39, 0.29) is 0 Å². The van der Waals surface area contributed by atoms with Gasteiger partial charge in [0.1, 0.15) is 0 Å². The second-order valence-corrected chi connectivity index (χ2v) is 6.96. The fourth-order valence-electron chi connectivity index (χ4n) is 3.01. The maximum absolute atomic E-state index is 5.81. The van der Waals surface area contributed by atoms with Crippen molar-refractivity contribution < 1.29 is 0 Å². The van der Waals surface area contributed by atoms with Crippen LogP contribution in [-0.2, 0) is 0 Å². The molecule has 25 heavy (non-hydrogen) atoms. The molecule has 0 saturated carbocycles. The predicted molar refractivity (Wildman–Crippen MR) is 108 cm³/mol. The number of hydrogen-bond donors (Lipinski definition) is 2. The number of rotatable bonds is 8. The lowest BCUT2D eigenvalue weighted by atomic mass is 10.2. The summed E-state index contributed by atoms with van der Waals surface area (Å²) in [5.74, 6) is 0.523. The van der Waals surface area contributed by atoms with Gasteiger partial charge in [-0.1, -0.05) is 24.3 Å². The zero-order valence-corrected chi connectivity index (χ0v) is 15.8. The molecule has 1 aliphatic rings. The number of unbranched alkanes of at least 4 members (excludes halogenated alkanes) is 1. The van der Waals surface area contributed by atoms with Crippen molar-refractivity contribution in [3.63, 3.8) is 0 Å². The normalized spacial score (nSPS) is 16.1. The van der Waals surface area contributed by atoms with Crippen molar-refractivity contribution in [1.82, 2.24) is 10.2 Å². The molecule has 0 spiro atoms.